The minimum Gasteiger partial charge on any atom is -0.394 e. The Bertz CT molecular complexity index is 383. The Morgan fingerprint density at radius 3 is 2.29 bits per heavy atom. The van der Waals surface area contributed by atoms with Crippen molar-refractivity contribution in [1.29, 1.82) is 0 Å². The molecule has 0 bridgehead atoms. The van der Waals surface area contributed by atoms with E-state index >= 15 is 0 Å². The monoisotopic (exact) mass is 293 g/mol. The lowest BCUT2D eigenvalue weighted by Crippen LogP contribution is -2.53. The van der Waals surface area contributed by atoms with Gasteiger partial charge in [0, 0.05) is 6.54 Å². The summed E-state index contributed by atoms with van der Waals surface area (Å²) < 4.78 is 0. The van der Waals surface area contributed by atoms with Crippen LogP contribution >= 0.6 is 0 Å². The molecule has 0 spiro atoms. The first kappa shape index (κ1) is 18.1. The van der Waals surface area contributed by atoms with E-state index in [0.29, 0.717) is 0 Å². The molecule has 0 heterocycles. The first-order valence-corrected chi connectivity index (χ1v) is 7.79. The van der Waals surface area contributed by atoms with Crippen LogP contribution in [0.4, 0.5) is 0 Å². The van der Waals surface area contributed by atoms with Crippen molar-refractivity contribution >= 4 is 0 Å². The molecule has 0 saturated carbocycles. The molecule has 1 unspecified atom stereocenters. The number of rotatable bonds is 10. The summed E-state index contributed by atoms with van der Waals surface area (Å²) in [6.07, 6.45) is 1.13. The maximum Gasteiger partial charge on any atom is 0.0797 e. The molecule has 1 atom stereocenters. The van der Waals surface area contributed by atoms with E-state index in [4.69, 9.17) is 0 Å². The molecule has 0 aliphatic rings. The molecule has 0 aliphatic carbocycles. The number of aliphatic hydroxyl groups is 1. The summed E-state index contributed by atoms with van der Waals surface area (Å²) in [4.78, 5) is 4.50. The van der Waals surface area contributed by atoms with E-state index < -0.39 is 0 Å². The minimum atomic E-state index is -0.386. The summed E-state index contributed by atoms with van der Waals surface area (Å²) in [5.74, 6) is 0. The summed E-state index contributed by atoms with van der Waals surface area (Å²) in [5, 5.41) is 13.5. The van der Waals surface area contributed by atoms with Crippen LogP contribution in [-0.4, -0.2) is 68.8 Å². The molecule has 1 aromatic carbocycles. The average molecular weight is 293 g/mol. The highest BCUT2D eigenvalue weighted by molar-refractivity contribution is 5.25. The molecule has 0 radical (unpaired) electrons. The minimum absolute atomic E-state index is 0.100. The van der Waals surface area contributed by atoms with E-state index in [-0.39, 0.29) is 12.1 Å². The van der Waals surface area contributed by atoms with E-state index in [1.807, 2.05) is 18.2 Å². The number of nitrogens with zero attached hydrogens (tertiary/aromatic N) is 2. The van der Waals surface area contributed by atoms with Crippen molar-refractivity contribution in [3.63, 3.8) is 0 Å². The second kappa shape index (κ2) is 9.15. The molecule has 0 aromatic heterocycles. The predicted molar refractivity (Wildman–Crippen MR) is 89.6 cm³/mol. The largest absolute Gasteiger partial charge is 0.394 e. The third-order valence-electron chi connectivity index (χ3n) is 3.80. The fourth-order valence-corrected chi connectivity index (χ4v) is 2.74. The van der Waals surface area contributed by atoms with Gasteiger partial charge in [-0.1, -0.05) is 37.3 Å². The number of hydrogen-bond acceptors (Lipinski definition) is 4. The molecule has 0 fully saturated rings. The van der Waals surface area contributed by atoms with E-state index in [2.05, 4.69) is 55.3 Å². The Labute approximate surface area is 129 Å². The molecule has 2 N–H and O–H groups in total. The fraction of sp³-hybridized carbons (Fsp3) is 0.647. The highest BCUT2D eigenvalue weighted by Gasteiger charge is 2.31. The van der Waals surface area contributed by atoms with E-state index in [9.17, 15) is 5.11 Å². The van der Waals surface area contributed by atoms with Gasteiger partial charge in [-0.15, -0.1) is 0 Å². The highest BCUT2D eigenvalue weighted by Crippen LogP contribution is 2.22. The van der Waals surface area contributed by atoms with Crippen LogP contribution in [0.5, 0.6) is 0 Å². The lowest BCUT2D eigenvalue weighted by atomic mass is 9.90. The Hall–Kier alpha value is -0.940. The first-order valence-electron chi connectivity index (χ1n) is 7.79. The molecule has 21 heavy (non-hydrogen) atoms. The summed E-state index contributed by atoms with van der Waals surface area (Å²) in [6, 6.07) is 10.3. The molecule has 120 valence electrons. The average Bonchev–Trinajstić information content (AvgIpc) is 2.47. The zero-order valence-corrected chi connectivity index (χ0v) is 14.0. The molecule has 4 nitrogen and oxygen atoms in total. The third kappa shape index (κ3) is 5.75. The molecular weight excluding hydrogens is 262 g/mol. The Morgan fingerprint density at radius 1 is 1.10 bits per heavy atom. The lowest BCUT2D eigenvalue weighted by molar-refractivity contribution is 0.118. The molecule has 4 heteroatoms. The second-order valence-electron chi connectivity index (χ2n) is 6.03. The van der Waals surface area contributed by atoms with Crippen molar-refractivity contribution in [1.82, 2.24) is 15.1 Å². The number of nitrogens with one attached hydrogen (secondary N) is 1. The zero-order valence-electron chi connectivity index (χ0n) is 14.0. The second-order valence-corrected chi connectivity index (χ2v) is 6.03. The van der Waals surface area contributed by atoms with Crippen LogP contribution in [-0.2, 0) is 5.54 Å². The fourth-order valence-electron chi connectivity index (χ4n) is 2.74. The number of benzene rings is 1. The Kier molecular flexibility index (Phi) is 7.89. The van der Waals surface area contributed by atoms with E-state index in [1.54, 1.807) is 0 Å². The number of hydrogen-bond donors (Lipinski definition) is 2. The topological polar surface area (TPSA) is 38.7 Å². The lowest BCUT2D eigenvalue weighted by Gasteiger charge is -2.37. The SMILES string of the molecule is CCNC(CO)(CN(C)CCCN(C)C)c1ccccc1. The van der Waals surface area contributed by atoms with Gasteiger partial charge < -0.3 is 20.2 Å². The molecule has 0 amide bonds. The van der Waals surface area contributed by atoms with Crippen LogP contribution in [0.15, 0.2) is 30.3 Å². The van der Waals surface area contributed by atoms with Gasteiger partial charge in [-0.25, -0.2) is 0 Å². The number of aliphatic hydroxyl groups excluding tert-OH is 1. The quantitative estimate of drug-likeness (QED) is 0.683. The van der Waals surface area contributed by atoms with E-state index in [1.165, 1.54) is 0 Å². The van der Waals surface area contributed by atoms with Gasteiger partial charge in [0.1, 0.15) is 0 Å². The van der Waals surface area contributed by atoms with Gasteiger partial charge in [0.2, 0.25) is 0 Å². The number of likely N-dealkylation sites (N-methyl/N-ethyl adjacent to an activating group) is 2. The smallest absolute Gasteiger partial charge is 0.0797 e. The zero-order chi connectivity index (χ0) is 15.7. The Balaban J connectivity index is 2.74. The standard InChI is InChI=1S/C17H31N3O/c1-5-18-17(15-21,16-10-7-6-8-11-16)14-20(4)13-9-12-19(2)3/h6-8,10-11,18,21H,5,9,12-15H2,1-4H3. The van der Waals surface area contributed by atoms with Gasteiger partial charge in [0.05, 0.1) is 12.1 Å². The van der Waals surface area contributed by atoms with Crippen LogP contribution in [0.25, 0.3) is 0 Å². The van der Waals surface area contributed by atoms with Crippen molar-refractivity contribution < 1.29 is 5.11 Å². The van der Waals surface area contributed by atoms with Gasteiger partial charge in [0.15, 0.2) is 0 Å². The van der Waals surface area contributed by atoms with Crippen LogP contribution in [0.3, 0.4) is 0 Å². The Morgan fingerprint density at radius 2 is 1.76 bits per heavy atom. The first-order chi connectivity index (χ1) is 10.0. The summed E-state index contributed by atoms with van der Waals surface area (Å²) in [6.45, 7) is 5.93. The highest BCUT2D eigenvalue weighted by atomic mass is 16.3. The van der Waals surface area contributed by atoms with Crippen molar-refractivity contribution in [2.75, 3.05) is 53.9 Å². The summed E-state index contributed by atoms with van der Waals surface area (Å²) in [7, 11) is 6.32. The van der Waals surface area contributed by atoms with Gasteiger partial charge in [-0.3, -0.25) is 0 Å². The van der Waals surface area contributed by atoms with Gasteiger partial charge >= 0.3 is 0 Å². The van der Waals surface area contributed by atoms with Crippen LogP contribution in [0.1, 0.15) is 18.9 Å². The molecule has 1 aromatic rings. The molecule has 0 saturated heterocycles. The van der Waals surface area contributed by atoms with Crippen molar-refractivity contribution in [2.24, 2.45) is 0 Å². The van der Waals surface area contributed by atoms with E-state index in [0.717, 1.165) is 38.2 Å². The summed E-state index contributed by atoms with van der Waals surface area (Å²) >= 11 is 0. The van der Waals surface area contributed by atoms with Crippen molar-refractivity contribution in [3.05, 3.63) is 35.9 Å². The van der Waals surface area contributed by atoms with Crippen LogP contribution < -0.4 is 5.32 Å². The molecule has 0 aliphatic heterocycles. The van der Waals surface area contributed by atoms with Crippen molar-refractivity contribution in [3.8, 4) is 0 Å². The third-order valence-corrected chi connectivity index (χ3v) is 3.80. The summed E-state index contributed by atoms with van der Waals surface area (Å²) in [5.41, 5.74) is 0.761. The maximum absolute atomic E-state index is 10.0. The van der Waals surface area contributed by atoms with Gasteiger partial charge in [0.25, 0.3) is 0 Å². The normalized spacial score (nSPS) is 14.6. The van der Waals surface area contributed by atoms with Crippen LogP contribution in [0.2, 0.25) is 0 Å². The predicted octanol–water partition coefficient (Wildman–Crippen LogP) is 1.37. The molecular formula is C17H31N3O. The molecule has 1 rings (SSSR count). The van der Waals surface area contributed by atoms with Gasteiger partial charge in [-0.2, -0.15) is 0 Å². The van der Waals surface area contributed by atoms with Crippen LogP contribution in [0, 0.1) is 0 Å². The maximum atomic E-state index is 10.0. The van der Waals surface area contributed by atoms with Crippen molar-refractivity contribution in [2.45, 2.75) is 18.9 Å². The van der Waals surface area contributed by atoms with Gasteiger partial charge in [-0.05, 0) is 52.8 Å².